The van der Waals surface area contributed by atoms with Gasteiger partial charge in [0, 0.05) is 18.0 Å². The van der Waals surface area contributed by atoms with Crippen LogP contribution in [0.15, 0.2) is 30.5 Å². The average Bonchev–Trinajstić information content (AvgIpc) is 2.72. The highest BCUT2D eigenvalue weighted by Crippen LogP contribution is 2.31. The number of amides is 2. The normalized spacial score (nSPS) is 17.0. The maximum absolute atomic E-state index is 12.0. The zero-order valence-electron chi connectivity index (χ0n) is 17.4. The number of imide groups is 1. The number of carbonyl (C=O) groups is 2. The number of hydrogen-bond acceptors (Lipinski definition) is 4. The third kappa shape index (κ3) is 5.52. The van der Waals surface area contributed by atoms with E-state index in [9.17, 15) is 9.59 Å². The molecule has 2 heterocycles. The molecule has 1 saturated heterocycles. The van der Waals surface area contributed by atoms with E-state index < -0.39 is 6.04 Å². The Morgan fingerprint density at radius 1 is 1.19 bits per heavy atom. The lowest BCUT2D eigenvalue weighted by Gasteiger charge is -2.24. The minimum absolute atomic E-state index is 0.205. The van der Waals surface area contributed by atoms with Gasteiger partial charge in [0.05, 0.1) is 11.2 Å². The zero-order valence-corrected chi connectivity index (χ0v) is 17.4. The van der Waals surface area contributed by atoms with Crippen LogP contribution in [0.1, 0.15) is 72.3 Å². The SMILES string of the molecule is CC.CC.CCC(C)c1ccc(NC2CCC(=O)NC2=O)c2ncccc12. The van der Waals surface area contributed by atoms with Crippen LogP contribution in [0.2, 0.25) is 0 Å². The number of fused-ring (bicyclic) bond motifs is 1. The number of nitrogens with zero attached hydrogens (tertiary/aromatic N) is 1. The molecule has 0 bridgehead atoms. The first-order valence-corrected chi connectivity index (χ1v) is 10.1. The molecule has 5 heteroatoms. The molecule has 2 unspecified atom stereocenters. The molecule has 27 heavy (non-hydrogen) atoms. The van der Waals surface area contributed by atoms with Crippen LogP contribution in [0.3, 0.4) is 0 Å². The second-order valence-electron chi connectivity index (χ2n) is 6.06. The molecular weight excluding hydrogens is 338 g/mol. The molecule has 1 aliphatic heterocycles. The number of carbonyl (C=O) groups excluding carboxylic acids is 2. The summed E-state index contributed by atoms with van der Waals surface area (Å²) in [7, 11) is 0. The Morgan fingerprint density at radius 2 is 1.89 bits per heavy atom. The number of aromatic nitrogens is 1. The van der Waals surface area contributed by atoms with Crippen LogP contribution in [-0.2, 0) is 9.59 Å². The number of nitrogens with one attached hydrogen (secondary N) is 2. The van der Waals surface area contributed by atoms with Crippen molar-refractivity contribution < 1.29 is 9.59 Å². The number of rotatable bonds is 4. The summed E-state index contributed by atoms with van der Waals surface area (Å²) in [6.07, 6.45) is 3.69. The summed E-state index contributed by atoms with van der Waals surface area (Å²) in [6.45, 7) is 12.4. The fraction of sp³-hybridized carbons (Fsp3) is 0.500. The monoisotopic (exact) mass is 371 g/mol. The van der Waals surface area contributed by atoms with Crippen LogP contribution in [0.4, 0.5) is 5.69 Å². The van der Waals surface area contributed by atoms with Gasteiger partial charge in [0.1, 0.15) is 6.04 Å². The lowest BCUT2D eigenvalue weighted by atomic mass is 9.94. The molecule has 3 rings (SSSR count). The summed E-state index contributed by atoms with van der Waals surface area (Å²) in [4.78, 5) is 27.7. The molecule has 2 amide bonds. The van der Waals surface area contributed by atoms with Crippen molar-refractivity contribution >= 4 is 28.4 Å². The summed E-state index contributed by atoms with van der Waals surface area (Å²) in [5.41, 5.74) is 2.97. The standard InChI is InChI=1S/C18H21N3O2.2C2H6/c1-3-11(2)12-6-7-14(17-13(12)5-4-10-19-17)20-15-8-9-16(22)21-18(15)23;2*1-2/h4-7,10-11,15,20H,3,8-9H2,1-2H3,(H,21,22,23);2*1-2H3. The first-order chi connectivity index (χ1) is 13.1. The van der Waals surface area contributed by atoms with Crippen LogP contribution >= 0.6 is 0 Å². The first kappa shape index (κ1) is 22.6. The van der Waals surface area contributed by atoms with E-state index in [0.717, 1.165) is 23.0 Å². The molecule has 1 aliphatic rings. The van der Waals surface area contributed by atoms with Gasteiger partial charge in [0.25, 0.3) is 0 Å². The summed E-state index contributed by atoms with van der Waals surface area (Å²) in [5, 5.41) is 6.74. The Balaban J connectivity index is 0.000000855. The number of hydrogen-bond donors (Lipinski definition) is 2. The van der Waals surface area contributed by atoms with E-state index in [-0.39, 0.29) is 11.8 Å². The van der Waals surface area contributed by atoms with Crippen LogP contribution in [-0.4, -0.2) is 22.8 Å². The molecule has 148 valence electrons. The van der Waals surface area contributed by atoms with E-state index >= 15 is 0 Å². The zero-order chi connectivity index (χ0) is 20.4. The topological polar surface area (TPSA) is 71.1 Å². The molecule has 0 aliphatic carbocycles. The summed E-state index contributed by atoms with van der Waals surface area (Å²) < 4.78 is 0. The number of piperidine rings is 1. The summed E-state index contributed by atoms with van der Waals surface area (Å²) in [6, 6.07) is 7.70. The lowest BCUT2D eigenvalue weighted by molar-refractivity contribution is -0.133. The lowest BCUT2D eigenvalue weighted by Crippen LogP contribution is -2.47. The minimum Gasteiger partial charge on any atom is -0.372 e. The van der Waals surface area contributed by atoms with Crippen molar-refractivity contribution in [3.05, 3.63) is 36.0 Å². The van der Waals surface area contributed by atoms with Crippen LogP contribution in [0.5, 0.6) is 0 Å². The molecule has 2 atom stereocenters. The van der Waals surface area contributed by atoms with Gasteiger partial charge in [0.15, 0.2) is 0 Å². The quantitative estimate of drug-likeness (QED) is 0.741. The first-order valence-electron chi connectivity index (χ1n) is 10.1. The Morgan fingerprint density at radius 3 is 2.52 bits per heavy atom. The summed E-state index contributed by atoms with van der Waals surface area (Å²) in [5.74, 6) is -0.0224. The van der Waals surface area contributed by atoms with Crippen molar-refractivity contribution in [2.24, 2.45) is 0 Å². The van der Waals surface area contributed by atoms with E-state index in [4.69, 9.17) is 0 Å². The maximum atomic E-state index is 12.0. The van der Waals surface area contributed by atoms with Crippen LogP contribution < -0.4 is 10.6 Å². The highest BCUT2D eigenvalue weighted by atomic mass is 16.2. The van der Waals surface area contributed by atoms with Gasteiger partial charge in [-0.15, -0.1) is 0 Å². The van der Waals surface area contributed by atoms with E-state index in [2.05, 4.69) is 41.6 Å². The minimum atomic E-state index is -0.396. The van der Waals surface area contributed by atoms with E-state index in [1.807, 2.05) is 39.8 Å². The second kappa shape index (κ2) is 11.3. The highest BCUT2D eigenvalue weighted by molar-refractivity contribution is 6.02. The third-order valence-electron chi connectivity index (χ3n) is 4.52. The predicted octanol–water partition coefficient (Wildman–Crippen LogP) is 5.02. The average molecular weight is 372 g/mol. The molecule has 0 spiro atoms. The Labute approximate surface area is 163 Å². The highest BCUT2D eigenvalue weighted by Gasteiger charge is 2.27. The second-order valence-corrected chi connectivity index (χ2v) is 6.06. The number of anilines is 1. The predicted molar refractivity (Wildman–Crippen MR) is 113 cm³/mol. The Kier molecular flexibility index (Phi) is 9.48. The van der Waals surface area contributed by atoms with Gasteiger partial charge in [-0.1, -0.05) is 53.7 Å². The van der Waals surface area contributed by atoms with Gasteiger partial charge in [-0.05, 0) is 36.5 Å². The molecule has 1 aromatic carbocycles. The fourth-order valence-corrected chi connectivity index (χ4v) is 2.98. The molecule has 2 N–H and O–H groups in total. The van der Waals surface area contributed by atoms with E-state index in [1.54, 1.807) is 6.20 Å². The van der Waals surface area contributed by atoms with Gasteiger partial charge in [0.2, 0.25) is 11.8 Å². The van der Waals surface area contributed by atoms with Crippen molar-refractivity contribution in [1.29, 1.82) is 0 Å². The van der Waals surface area contributed by atoms with Gasteiger partial charge >= 0.3 is 0 Å². The van der Waals surface area contributed by atoms with E-state index in [1.165, 1.54) is 5.56 Å². The number of pyridine rings is 1. The van der Waals surface area contributed by atoms with Crippen molar-refractivity contribution in [1.82, 2.24) is 10.3 Å². The van der Waals surface area contributed by atoms with Crippen LogP contribution in [0, 0.1) is 0 Å². The Hall–Kier alpha value is -2.43. The molecule has 2 aromatic rings. The third-order valence-corrected chi connectivity index (χ3v) is 4.52. The molecular formula is C22H33N3O2. The van der Waals surface area contributed by atoms with Crippen molar-refractivity contribution in [2.75, 3.05) is 5.32 Å². The summed E-state index contributed by atoms with van der Waals surface area (Å²) >= 11 is 0. The Bertz CT molecular complexity index is 758. The van der Waals surface area contributed by atoms with E-state index in [0.29, 0.717) is 18.8 Å². The van der Waals surface area contributed by atoms with Gasteiger partial charge in [-0.25, -0.2) is 0 Å². The molecule has 5 nitrogen and oxygen atoms in total. The van der Waals surface area contributed by atoms with Crippen LogP contribution in [0.25, 0.3) is 10.9 Å². The molecule has 1 aromatic heterocycles. The van der Waals surface area contributed by atoms with Gasteiger partial charge < -0.3 is 5.32 Å². The molecule has 1 fully saturated rings. The van der Waals surface area contributed by atoms with Gasteiger partial charge in [-0.3, -0.25) is 19.9 Å². The maximum Gasteiger partial charge on any atom is 0.249 e. The van der Waals surface area contributed by atoms with Gasteiger partial charge in [-0.2, -0.15) is 0 Å². The van der Waals surface area contributed by atoms with Crippen molar-refractivity contribution in [3.8, 4) is 0 Å². The number of benzene rings is 1. The van der Waals surface area contributed by atoms with Crippen molar-refractivity contribution in [3.63, 3.8) is 0 Å². The smallest absolute Gasteiger partial charge is 0.249 e. The molecule has 0 saturated carbocycles. The fourth-order valence-electron chi connectivity index (χ4n) is 2.98. The van der Waals surface area contributed by atoms with Crippen molar-refractivity contribution in [2.45, 2.75) is 72.8 Å². The largest absolute Gasteiger partial charge is 0.372 e. The molecule has 0 radical (unpaired) electrons.